The molecule has 4 aromatic carbocycles. The lowest BCUT2D eigenvalue weighted by molar-refractivity contribution is -0.137. The second kappa shape index (κ2) is 9.84. The van der Waals surface area contributed by atoms with E-state index in [4.69, 9.17) is 0 Å². The van der Waals surface area contributed by atoms with Crippen molar-refractivity contribution in [3.8, 4) is 0 Å². The molecule has 0 saturated heterocycles. The lowest BCUT2D eigenvalue weighted by Gasteiger charge is -2.25. The van der Waals surface area contributed by atoms with Crippen LogP contribution >= 0.6 is 0 Å². The van der Waals surface area contributed by atoms with Crippen molar-refractivity contribution in [1.82, 2.24) is 5.32 Å². The van der Waals surface area contributed by atoms with Crippen LogP contribution in [0.15, 0.2) is 84.9 Å². The van der Waals surface area contributed by atoms with Gasteiger partial charge in [0.1, 0.15) is 11.6 Å². The predicted octanol–water partition coefficient (Wildman–Crippen LogP) is 6.21. The van der Waals surface area contributed by atoms with Crippen LogP contribution in [-0.2, 0) is 12.6 Å². The summed E-state index contributed by atoms with van der Waals surface area (Å²) in [5.41, 5.74) is 0.102. The van der Waals surface area contributed by atoms with E-state index in [1.165, 1.54) is 42.5 Å². The highest BCUT2D eigenvalue weighted by Gasteiger charge is 2.30. The van der Waals surface area contributed by atoms with Gasteiger partial charge >= 0.3 is 6.18 Å². The summed E-state index contributed by atoms with van der Waals surface area (Å²) in [7, 11) is 0. The van der Waals surface area contributed by atoms with Crippen molar-refractivity contribution in [3.63, 3.8) is 0 Å². The molecule has 0 fully saturated rings. The molecule has 8 heteroatoms. The average molecular weight is 485 g/mol. The first-order valence-corrected chi connectivity index (χ1v) is 10.7. The van der Waals surface area contributed by atoms with Crippen molar-refractivity contribution in [3.05, 3.63) is 119 Å². The summed E-state index contributed by atoms with van der Waals surface area (Å²) in [6.07, 6.45) is -5.81. The molecule has 0 aliphatic rings. The Kier molecular flexibility index (Phi) is 6.84. The van der Waals surface area contributed by atoms with Crippen LogP contribution < -0.4 is 5.32 Å². The molecule has 2 N–H and O–H groups in total. The summed E-state index contributed by atoms with van der Waals surface area (Å²) in [6, 6.07) is 17.4. The molecule has 35 heavy (non-hydrogen) atoms. The highest BCUT2D eigenvalue weighted by atomic mass is 19.4. The number of hydrogen-bond acceptors (Lipinski definition) is 2. The van der Waals surface area contributed by atoms with Crippen molar-refractivity contribution in [2.24, 2.45) is 0 Å². The number of aliphatic hydroxyl groups excluding tert-OH is 1. The van der Waals surface area contributed by atoms with Crippen LogP contribution in [0.1, 0.15) is 33.2 Å². The van der Waals surface area contributed by atoms with Crippen LogP contribution in [0.3, 0.4) is 0 Å². The smallest absolute Gasteiger partial charge is 0.386 e. The van der Waals surface area contributed by atoms with Crippen LogP contribution in [0, 0.1) is 11.6 Å². The third kappa shape index (κ3) is 5.49. The maximum atomic E-state index is 14.2. The topological polar surface area (TPSA) is 49.3 Å². The minimum atomic E-state index is -4.50. The van der Waals surface area contributed by atoms with Crippen molar-refractivity contribution in [1.29, 1.82) is 0 Å². The molecular weight excluding hydrogens is 465 g/mol. The second-order valence-corrected chi connectivity index (χ2v) is 8.12. The molecule has 2 atom stereocenters. The SMILES string of the molecule is O=C(N[C@H](Cc1ccc(C(F)(F)F)cc1)[C@H](O)c1ccc(F)cc1)c1ccc(F)c2ccccc12. The molecule has 4 aromatic rings. The van der Waals surface area contributed by atoms with E-state index in [0.29, 0.717) is 16.5 Å². The molecule has 0 bridgehead atoms. The predicted molar refractivity (Wildman–Crippen MR) is 122 cm³/mol. The minimum absolute atomic E-state index is 0.0124. The van der Waals surface area contributed by atoms with E-state index in [0.717, 1.165) is 24.3 Å². The fourth-order valence-electron chi connectivity index (χ4n) is 3.92. The first-order chi connectivity index (χ1) is 16.6. The van der Waals surface area contributed by atoms with Gasteiger partial charge in [-0.1, -0.05) is 48.5 Å². The van der Waals surface area contributed by atoms with Gasteiger partial charge in [-0.15, -0.1) is 0 Å². The molecule has 0 unspecified atom stereocenters. The van der Waals surface area contributed by atoms with E-state index in [1.807, 2.05) is 0 Å². The summed E-state index contributed by atoms with van der Waals surface area (Å²) in [5.74, 6) is -1.61. The lowest BCUT2D eigenvalue weighted by atomic mass is 9.94. The standard InChI is InChI=1S/C27H20F5NO2/c28-19-11-7-17(8-12-19)25(34)24(15-16-5-9-18(10-6-16)27(30,31)32)33-26(35)22-13-14-23(29)21-4-2-1-3-20(21)22/h1-14,24-25,34H,15H2,(H,33,35)/t24-,25-/m1/s1. The van der Waals surface area contributed by atoms with Gasteiger partial charge in [0.15, 0.2) is 0 Å². The number of halogens is 5. The van der Waals surface area contributed by atoms with Gasteiger partial charge in [0.25, 0.3) is 5.91 Å². The largest absolute Gasteiger partial charge is 0.416 e. The van der Waals surface area contributed by atoms with Crippen molar-refractivity contribution < 1.29 is 31.9 Å². The molecule has 1 amide bonds. The number of rotatable bonds is 6. The van der Waals surface area contributed by atoms with Gasteiger partial charge in [-0.05, 0) is 59.3 Å². The lowest BCUT2D eigenvalue weighted by Crippen LogP contribution is -2.41. The Morgan fingerprint density at radius 2 is 1.46 bits per heavy atom. The molecule has 0 aromatic heterocycles. The molecule has 0 aliphatic carbocycles. The molecule has 0 aliphatic heterocycles. The Morgan fingerprint density at radius 1 is 0.829 bits per heavy atom. The molecule has 0 spiro atoms. The monoisotopic (exact) mass is 485 g/mol. The third-order valence-corrected chi connectivity index (χ3v) is 5.76. The van der Waals surface area contributed by atoms with Crippen LogP contribution in [0.25, 0.3) is 10.8 Å². The molecule has 0 radical (unpaired) electrons. The number of benzene rings is 4. The summed E-state index contributed by atoms with van der Waals surface area (Å²) in [4.78, 5) is 13.2. The van der Waals surface area contributed by atoms with Crippen molar-refractivity contribution in [2.45, 2.75) is 24.7 Å². The van der Waals surface area contributed by atoms with Gasteiger partial charge in [-0.2, -0.15) is 13.2 Å². The molecular formula is C27H20F5NO2. The Morgan fingerprint density at radius 3 is 2.09 bits per heavy atom. The average Bonchev–Trinajstić information content (AvgIpc) is 2.84. The molecule has 3 nitrogen and oxygen atoms in total. The van der Waals surface area contributed by atoms with Gasteiger partial charge in [0, 0.05) is 10.9 Å². The molecule has 4 rings (SSSR count). The molecule has 0 heterocycles. The van der Waals surface area contributed by atoms with Gasteiger partial charge in [0.2, 0.25) is 0 Å². The molecule has 180 valence electrons. The summed E-state index contributed by atoms with van der Waals surface area (Å²) in [6.45, 7) is 0. The number of aliphatic hydroxyl groups is 1. The number of carbonyl (C=O) groups excluding carboxylic acids is 1. The van der Waals surface area contributed by atoms with Gasteiger partial charge < -0.3 is 10.4 Å². The molecule has 0 saturated carbocycles. The zero-order valence-corrected chi connectivity index (χ0v) is 18.2. The first kappa shape index (κ1) is 24.3. The Labute approximate surface area is 197 Å². The zero-order valence-electron chi connectivity index (χ0n) is 18.2. The van der Waals surface area contributed by atoms with E-state index < -0.39 is 41.4 Å². The van der Waals surface area contributed by atoms with Crippen LogP contribution in [0.5, 0.6) is 0 Å². The Balaban J connectivity index is 1.66. The van der Waals surface area contributed by atoms with Crippen molar-refractivity contribution >= 4 is 16.7 Å². The number of carbonyl (C=O) groups is 1. The first-order valence-electron chi connectivity index (χ1n) is 10.7. The number of alkyl halides is 3. The highest BCUT2D eigenvalue weighted by Crippen LogP contribution is 2.30. The number of amides is 1. The Hall–Kier alpha value is -3.78. The number of hydrogen-bond donors (Lipinski definition) is 2. The van der Waals surface area contributed by atoms with Crippen LogP contribution in [0.2, 0.25) is 0 Å². The fraction of sp³-hybridized carbons (Fsp3) is 0.148. The summed E-state index contributed by atoms with van der Waals surface area (Å²) in [5, 5.41) is 14.3. The van der Waals surface area contributed by atoms with E-state index in [9.17, 15) is 31.9 Å². The van der Waals surface area contributed by atoms with E-state index >= 15 is 0 Å². The minimum Gasteiger partial charge on any atom is -0.386 e. The van der Waals surface area contributed by atoms with E-state index in [1.54, 1.807) is 18.2 Å². The van der Waals surface area contributed by atoms with E-state index in [2.05, 4.69) is 5.32 Å². The fourth-order valence-corrected chi connectivity index (χ4v) is 3.92. The number of fused-ring (bicyclic) bond motifs is 1. The Bertz CT molecular complexity index is 1330. The van der Waals surface area contributed by atoms with Gasteiger partial charge in [-0.25, -0.2) is 8.78 Å². The van der Waals surface area contributed by atoms with Crippen molar-refractivity contribution in [2.75, 3.05) is 0 Å². The van der Waals surface area contributed by atoms with E-state index in [-0.39, 0.29) is 17.4 Å². The summed E-state index contributed by atoms with van der Waals surface area (Å²) >= 11 is 0. The second-order valence-electron chi connectivity index (χ2n) is 8.12. The summed E-state index contributed by atoms with van der Waals surface area (Å²) < 4.78 is 66.3. The maximum absolute atomic E-state index is 14.2. The highest BCUT2D eigenvalue weighted by molar-refractivity contribution is 6.07. The zero-order chi connectivity index (χ0) is 25.2. The number of nitrogens with one attached hydrogen (secondary N) is 1. The van der Waals surface area contributed by atoms with Gasteiger partial charge in [0.05, 0.1) is 17.7 Å². The van der Waals surface area contributed by atoms with Crippen LogP contribution in [0.4, 0.5) is 22.0 Å². The quantitative estimate of drug-likeness (QED) is 0.319. The maximum Gasteiger partial charge on any atom is 0.416 e. The normalized spacial score (nSPS) is 13.4. The third-order valence-electron chi connectivity index (χ3n) is 5.76. The van der Waals surface area contributed by atoms with Gasteiger partial charge in [-0.3, -0.25) is 4.79 Å². The van der Waals surface area contributed by atoms with Crippen LogP contribution in [-0.4, -0.2) is 17.1 Å².